The first-order valence-corrected chi connectivity index (χ1v) is 9.37. The molecular formula is C21H14Cl3N3O. The van der Waals surface area contributed by atoms with E-state index in [4.69, 9.17) is 34.8 Å². The minimum atomic E-state index is -0.498. The number of rotatable bonds is 5. The number of hydrogen-bond acceptors (Lipinski definition) is 2. The number of aromatic nitrogens is 1. The number of carbonyl (C=O) groups excluding carboxylic acids is 1. The fourth-order valence-electron chi connectivity index (χ4n) is 2.56. The lowest BCUT2D eigenvalue weighted by atomic mass is 10.2. The SMILES string of the molecule is N#C/C(=C\c1cccn1Cc1ccc(Cl)cc1Cl)C(=O)Nc1ccc(Cl)cc1. The van der Waals surface area contributed by atoms with Crippen molar-refractivity contribution in [2.24, 2.45) is 0 Å². The Morgan fingerprint density at radius 2 is 1.79 bits per heavy atom. The van der Waals surface area contributed by atoms with Crippen LogP contribution < -0.4 is 5.32 Å². The minimum Gasteiger partial charge on any atom is -0.343 e. The number of nitrogens with zero attached hydrogens (tertiary/aromatic N) is 2. The molecule has 1 N–H and O–H groups in total. The fourth-order valence-corrected chi connectivity index (χ4v) is 3.16. The lowest BCUT2D eigenvalue weighted by Gasteiger charge is -2.10. The van der Waals surface area contributed by atoms with Crippen molar-refractivity contribution in [3.8, 4) is 6.07 Å². The summed E-state index contributed by atoms with van der Waals surface area (Å²) in [5.74, 6) is -0.498. The molecule has 0 saturated heterocycles. The van der Waals surface area contributed by atoms with Crippen LogP contribution in [0.5, 0.6) is 0 Å². The molecule has 1 aromatic heterocycles. The van der Waals surface area contributed by atoms with Crippen LogP contribution in [0.2, 0.25) is 15.1 Å². The predicted octanol–water partition coefficient (Wildman–Crippen LogP) is 6.04. The summed E-state index contributed by atoms with van der Waals surface area (Å²) in [6.07, 6.45) is 3.39. The van der Waals surface area contributed by atoms with Gasteiger partial charge in [0.05, 0.1) is 0 Å². The van der Waals surface area contributed by atoms with Gasteiger partial charge in [-0.1, -0.05) is 40.9 Å². The number of hydrogen-bond donors (Lipinski definition) is 1. The van der Waals surface area contributed by atoms with Gasteiger partial charge >= 0.3 is 0 Å². The van der Waals surface area contributed by atoms with E-state index < -0.39 is 5.91 Å². The second-order valence-electron chi connectivity index (χ2n) is 5.93. The second-order valence-corrected chi connectivity index (χ2v) is 7.21. The predicted molar refractivity (Wildman–Crippen MR) is 114 cm³/mol. The molecule has 0 aliphatic rings. The van der Waals surface area contributed by atoms with Gasteiger partial charge in [0.15, 0.2) is 0 Å². The van der Waals surface area contributed by atoms with Gasteiger partial charge in [0.2, 0.25) is 0 Å². The summed E-state index contributed by atoms with van der Waals surface area (Å²) in [5, 5.41) is 13.8. The van der Waals surface area contributed by atoms with Gasteiger partial charge in [-0.15, -0.1) is 0 Å². The van der Waals surface area contributed by atoms with Gasteiger partial charge in [-0.2, -0.15) is 5.26 Å². The molecule has 0 atom stereocenters. The summed E-state index contributed by atoms with van der Waals surface area (Å²) < 4.78 is 1.89. The number of amides is 1. The lowest BCUT2D eigenvalue weighted by Crippen LogP contribution is -2.13. The Morgan fingerprint density at radius 3 is 2.46 bits per heavy atom. The summed E-state index contributed by atoms with van der Waals surface area (Å²) in [7, 11) is 0. The maximum atomic E-state index is 12.4. The van der Waals surface area contributed by atoms with Crippen molar-refractivity contribution in [3.05, 3.63) is 92.7 Å². The normalized spacial score (nSPS) is 11.1. The van der Waals surface area contributed by atoms with E-state index in [1.807, 2.05) is 35.0 Å². The first-order chi connectivity index (χ1) is 13.5. The molecule has 0 spiro atoms. The number of nitriles is 1. The molecule has 1 amide bonds. The molecule has 140 valence electrons. The first-order valence-electron chi connectivity index (χ1n) is 8.24. The third kappa shape index (κ3) is 4.96. The average Bonchev–Trinajstić information content (AvgIpc) is 3.10. The molecule has 0 aliphatic carbocycles. The Kier molecular flexibility index (Phi) is 6.43. The monoisotopic (exact) mass is 429 g/mol. The molecule has 1 heterocycles. The molecule has 0 bridgehead atoms. The molecule has 0 aliphatic heterocycles. The van der Waals surface area contributed by atoms with E-state index in [-0.39, 0.29) is 5.57 Å². The van der Waals surface area contributed by atoms with Crippen LogP contribution in [0, 0.1) is 11.3 Å². The quantitative estimate of drug-likeness (QED) is 0.396. The lowest BCUT2D eigenvalue weighted by molar-refractivity contribution is -0.112. The van der Waals surface area contributed by atoms with Crippen molar-refractivity contribution < 1.29 is 4.79 Å². The first kappa shape index (κ1) is 20.0. The van der Waals surface area contributed by atoms with Gasteiger partial charge in [-0.25, -0.2) is 0 Å². The summed E-state index contributed by atoms with van der Waals surface area (Å²) in [5.41, 5.74) is 2.12. The molecule has 7 heteroatoms. The van der Waals surface area contributed by atoms with Crippen LogP contribution in [0.25, 0.3) is 6.08 Å². The van der Waals surface area contributed by atoms with Crippen molar-refractivity contribution in [1.29, 1.82) is 5.26 Å². The number of carbonyl (C=O) groups is 1. The van der Waals surface area contributed by atoms with Crippen molar-refractivity contribution in [1.82, 2.24) is 4.57 Å². The van der Waals surface area contributed by atoms with Crippen LogP contribution in [0.15, 0.2) is 66.4 Å². The van der Waals surface area contributed by atoms with Gasteiger partial charge in [-0.05, 0) is 60.2 Å². The van der Waals surface area contributed by atoms with E-state index in [1.165, 1.54) is 6.08 Å². The topological polar surface area (TPSA) is 57.8 Å². The van der Waals surface area contributed by atoms with E-state index >= 15 is 0 Å². The molecule has 0 unspecified atom stereocenters. The maximum Gasteiger partial charge on any atom is 0.266 e. The molecule has 3 rings (SSSR count). The number of anilines is 1. The molecule has 0 radical (unpaired) electrons. The van der Waals surface area contributed by atoms with Gasteiger partial charge < -0.3 is 9.88 Å². The Hall–Kier alpha value is -2.71. The number of benzene rings is 2. The highest BCUT2D eigenvalue weighted by atomic mass is 35.5. The second kappa shape index (κ2) is 8.99. The highest BCUT2D eigenvalue weighted by Crippen LogP contribution is 2.23. The maximum absolute atomic E-state index is 12.4. The van der Waals surface area contributed by atoms with E-state index in [0.29, 0.717) is 33.0 Å². The fraction of sp³-hybridized carbons (Fsp3) is 0.0476. The van der Waals surface area contributed by atoms with Crippen molar-refractivity contribution in [3.63, 3.8) is 0 Å². The molecule has 2 aromatic carbocycles. The largest absolute Gasteiger partial charge is 0.343 e. The molecular weight excluding hydrogens is 417 g/mol. The molecule has 28 heavy (non-hydrogen) atoms. The van der Waals surface area contributed by atoms with Crippen LogP contribution >= 0.6 is 34.8 Å². The standard InChI is InChI=1S/C21H14Cl3N3O/c22-16-5-7-18(8-6-16)26-21(28)15(12-25)10-19-2-1-9-27(19)13-14-3-4-17(23)11-20(14)24/h1-11H,13H2,(H,26,28)/b15-10+. The summed E-state index contributed by atoms with van der Waals surface area (Å²) in [6.45, 7) is 0.479. The van der Waals surface area contributed by atoms with Gasteiger partial charge in [0.1, 0.15) is 11.6 Å². The number of nitrogens with one attached hydrogen (secondary N) is 1. The Balaban J connectivity index is 1.81. The zero-order valence-corrected chi connectivity index (χ0v) is 16.8. The van der Waals surface area contributed by atoms with Crippen LogP contribution in [-0.2, 0) is 11.3 Å². The third-order valence-corrected chi connectivity index (χ3v) is 4.82. The molecule has 0 saturated carbocycles. The highest BCUT2D eigenvalue weighted by Gasteiger charge is 2.12. The van der Waals surface area contributed by atoms with Gasteiger partial charge in [0.25, 0.3) is 5.91 Å². The Morgan fingerprint density at radius 1 is 1.07 bits per heavy atom. The van der Waals surface area contributed by atoms with Crippen LogP contribution in [0.4, 0.5) is 5.69 Å². The zero-order valence-electron chi connectivity index (χ0n) is 14.5. The highest BCUT2D eigenvalue weighted by molar-refractivity contribution is 6.35. The van der Waals surface area contributed by atoms with Gasteiger partial charge in [0, 0.05) is 39.2 Å². The van der Waals surface area contributed by atoms with Gasteiger partial charge in [-0.3, -0.25) is 4.79 Å². The summed E-state index contributed by atoms with van der Waals surface area (Å²) in [4.78, 5) is 12.4. The van der Waals surface area contributed by atoms with Crippen LogP contribution in [0.3, 0.4) is 0 Å². The van der Waals surface area contributed by atoms with E-state index in [2.05, 4.69) is 5.32 Å². The Bertz CT molecular complexity index is 1080. The van der Waals surface area contributed by atoms with E-state index in [9.17, 15) is 10.1 Å². The van der Waals surface area contributed by atoms with Crippen LogP contribution in [-0.4, -0.2) is 10.5 Å². The van der Waals surface area contributed by atoms with Crippen molar-refractivity contribution in [2.45, 2.75) is 6.54 Å². The van der Waals surface area contributed by atoms with E-state index in [1.54, 1.807) is 36.4 Å². The average molecular weight is 431 g/mol. The third-order valence-electron chi connectivity index (χ3n) is 3.98. The molecule has 3 aromatic rings. The smallest absolute Gasteiger partial charge is 0.266 e. The van der Waals surface area contributed by atoms with Crippen molar-refractivity contribution >= 4 is 52.5 Å². The summed E-state index contributed by atoms with van der Waals surface area (Å²) >= 11 is 18.0. The minimum absolute atomic E-state index is 0.0166. The summed E-state index contributed by atoms with van der Waals surface area (Å²) in [6, 6.07) is 17.5. The Labute approximate surface area is 177 Å². The van der Waals surface area contributed by atoms with Crippen LogP contribution in [0.1, 0.15) is 11.3 Å². The van der Waals surface area contributed by atoms with E-state index in [0.717, 1.165) is 5.56 Å². The zero-order chi connectivity index (χ0) is 20.1. The number of halogens is 3. The molecule has 4 nitrogen and oxygen atoms in total. The molecule has 0 fully saturated rings. The van der Waals surface area contributed by atoms with Crippen molar-refractivity contribution in [2.75, 3.05) is 5.32 Å².